The van der Waals surface area contributed by atoms with Gasteiger partial charge in [0.05, 0.1) is 0 Å². The van der Waals surface area contributed by atoms with Crippen molar-refractivity contribution in [2.24, 2.45) is 11.3 Å². The third-order valence-corrected chi connectivity index (χ3v) is 5.75. The maximum absolute atomic E-state index is 3.90. The molecule has 2 heteroatoms. The van der Waals surface area contributed by atoms with E-state index in [0.717, 1.165) is 12.0 Å². The van der Waals surface area contributed by atoms with E-state index >= 15 is 0 Å². The van der Waals surface area contributed by atoms with Crippen LogP contribution in [0.15, 0.2) is 0 Å². The maximum Gasteiger partial charge on any atom is 0.0309 e. The van der Waals surface area contributed by atoms with Crippen LogP contribution in [0.2, 0.25) is 0 Å². The molecule has 1 N–H and O–H groups in total. The lowest BCUT2D eigenvalue weighted by Gasteiger charge is -2.48. The molecule has 0 radical (unpaired) electrons. The number of piperazine rings is 1. The Bertz CT molecular complexity index is 286. The number of nitrogens with one attached hydrogen (secondary N) is 1. The van der Waals surface area contributed by atoms with Crippen LogP contribution in [-0.4, -0.2) is 36.1 Å². The van der Waals surface area contributed by atoms with E-state index in [1.807, 2.05) is 0 Å². The largest absolute Gasteiger partial charge is 0.308 e. The molecule has 2 fully saturated rings. The van der Waals surface area contributed by atoms with Gasteiger partial charge in [0.25, 0.3) is 0 Å². The topological polar surface area (TPSA) is 15.3 Å². The Labute approximate surface area is 120 Å². The smallest absolute Gasteiger partial charge is 0.0309 e. The quantitative estimate of drug-likeness (QED) is 0.838. The summed E-state index contributed by atoms with van der Waals surface area (Å²) in [5.41, 5.74) is 0.884. The molecule has 2 atom stereocenters. The first kappa shape index (κ1) is 15.3. The second-order valence-electron chi connectivity index (χ2n) is 8.13. The van der Waals surface area contributed by atoms with E-state index in [1.54, 1.807) is 0 Å². The third-order valence-electron chi connectivity index (χ3n) is 5.75. The number of rotatable bonds is 3. The zero-order valence-corrected chi connectivity index (χ0v) is 13.8. The Morgan fingerprint density at radius 2 is 1.89 bits per heavy atom. The van der Waals surface area contributed by atoms with Crippen LogP contribution in [0.4, 0.5) is 0 Å². The van der Waals surface area contributed by atoms with Crippen molar-refractivity contribution in [2.75, 3.05) is 19.6 Å². The molecule has 19 heavy (non-hydrogen) atoms. The molecule has 1 saturated heterocycles. The van der Waals surface area contributed by atoms with Crippen molar-refractivity contribution in [1.82, 2.24) is 10.2 Å². The summed E-state index contributed by atoms with van der Waals surface area (Å²) < 4.78 is 0. The summed E-state index contributed by atoms with van der Waals surface area (Å²) in [7, 11) is 0. The fraction of sp³-hybridized carbons (Fsp3) is 1.00. The van der Waals surface area contributed by atoms with Crippen LogP contribution in [0, 0.1) is 11.3 Å². The minimum atomic E-state index is 0.423. The number of hydrogen-bond acceptors (Lipinski definition) is 2. The van der Waals surface area contributed by atoms with Crippen molar-refractivity contribution in [2.45, 2.75) is 78.3 Å². The normalized spacial score (nSPS) is 29.8. The van der Waals surface area contributed by atoms with Crippen LogP contribution in [0.5, 0.6) is 0 Å². The van der Waals surface area contributed by atoms with E-state index in [2.05, 4.69) is 44.8 Å². The van der Waals surface area contributed by atoms with Crippen molar-refractivity contribution in [3.05, 3.63) is 0 Å². The Kier molecular flexibility index (Phi) is 4.62. The van der Waals surface area contributed by atoms with Gasteiger partial charge in [0, 0.05) is 31.2 Å². The van der Waals surface area contributed by atoms with Gasteiger partial charge in [0.15, 0.2) is 0 Å². The fourth-order valence-corrected chi connectivity index (χ4v) is 3.67. The molecule has 1 spiro atoms. The van der Waals surface area contributed by atoms with Gasteiger partial charge in [-0.2, -0.15) is 0 Å². The molecule has 1 saturated carbocycles. The first-order valence-electron chi connectivity index (χ1n) is 8.35. The molecule has 2 unspecified atom stereocenters. The van der Waals surface area contributed by atoms with Gasteiger partial charge in [-0.15, -0.1) is 0 Å². The van der Waals surface area contributed by atoms with Crippen LogP contribution < -0.4 is 5.32 Å². The van der Waals surface area contributed by atoms with Crippen molar-refractivity contribution in [3.8, 4) is 0 Å². The van der Waals surface area contributed by atoms with Gasteiger partial charge >= 0.3 is 0 Å². The molecule has 0 aromatic carbocycles. The van der Waals surface area contributed by atoms with Crippen molar-refractivity contribution in [3.63, 3.8) is 0 Å². The molecule has 0 bridgehead atoms. The van der Waals surface area contributed by atoms with E-state index in [0.29, 0.717) is 11.0 Å². The summed E-state index contributed by atoms with van der Waals surface area (Å²) in [4.78, 5) is 2.80. The van der Waals surface area contributed by atoms with Crippen molar-refractivity contribution in [1.29, 1.82) is 0 Å². The van der Waals surface area contributed by atoms with Crippen LogP contribution in [-0.2, 0) is 0 Å². The lowest BCUT2D eigenvalue weighted by molar-refractivity contribution is 0.0478. The summed E-state index contributed by atoms with van der Waals surface area (Å²) in [6, 6.07) is 0.746. The van der Waals surface area contributed by atoms with Gasteiger partial charge < -0.3 is 5.32 Å². The molecule has 2 rings (SSSR count). The van der Waals surface area contributed by atoms with E-state index in [-0.39, 0.29) is 0 Å². The van der Waals surface area contributed by atoms with E-state index < -0.39 is 0 Å². The average molecular weight is 266 g/mol. The molecule has 0 aromatic heterocycles. The van der Waals surface area contributed by atoms with E-state index in [9.17, 15) is 0 Å². The molecule has 112 valence electrons. The average Bonchev–Trinajstić information content (AvgIpc) is 2.76. The van der Waals surface area contributed by atoms with Crippen LogP contribution in [0.1, 0.15) is 66.7 Å². The zero-order valence-electron chi connectivity index (χ0n) is 13.8. The van der Waals surface area contributed by atoms with Gasteiger partial charge in [-0.3, -0.25) is 4.90 Å². The molecule has 1 aliphatic carbocycles. The zero-order chi connectivity index (χ0) is 14.1. The Morgan fingerprint density at radius 1 is 1.26 bits per heavy atom. The van der Waals surface area contributed by atoms with Gasteiger partial charge in [-0.25, -0.2) is 0 Å². The highest BCUT2D eigenvalue weighted by molar-refractivity contribution is 5.01. The van der Waals surface area contributed by atoms with Crippen molar-refractivity contribution >= 4 is 0 Å². The summed E-state index contributed by atoms with van der Waals surface area (Å²) in [6.07, 6.45) is 6.91. The second-order valence-corrected chi connectivity index (χ2v) is 8.13. The summed E-state index contributed by atoms with van der Waals surface area (Å²) in [6.45, 7) is 15.7. The minimum Gasteiger partial charge on any atom is -0.308 e. The molecule has 1 aliphatic heterocycles. The standard InChI is InChI=1S/C17H34N2/c1-6-15-11-18-17(9-7-8-10-17)13-19(15)12-14(2)16(3,4)5/h14-15,18H,6-13H2,1-5H3. The van der Waals surface area contributed by atoms with Crippen LogP contribution in [0.3, 0.4) is 0 Å². The molecule has 2 aliphatic rings. The van der Waals surface area contributed by atoms with Gasteiger partial charge in [-0.05, 0) is 30.6 Å². The molecular formula is C17H34N2. The molecule has 2 nitrogen and oxygen atoms in total. The number of nitrogens with zero attached hydrogens (tertiary/aromatic N) is 1. The predicted octanol–water partition coefficient (Wildman–Crippen LogP) is 3.67. The Morgan fingerprint density at radius 3 is 2.42 bits per heavy atom. The van der Waals surface area contributed by atoms with E-state index in [1.165, 1.54) is 51.7 Å². The highest BCUT2D eigenvalue weighted by atomic mass is 15.3. The lowest BCUT2D eigenvalue weighted by Crippen LogP contribution is -2.63. The highest BCUT2D eigenvalue weighted by Gasteiger charge is 2.41. The third kappa shape index (κ3) is 3.52. The SMILES string of the molecule is CCC1CNC2(CCCC2)CN1CC(C)C(C)(C)C. The summed E-state index contributed by atoms with van der Waals surface area (Å²) >= 11 is 0. The van der Waals surface area contributed by atoms with Gasteiger partial charge in [0.1, 0.15) is 0 Å². The lowest BCUT2D eigenvalue weighted by atomic mass is 9.80. The maximum atomic E-state index is 3.90. The van der Waals surface area contributed by atoms with E-state index in [4.69, 9.17) is 0 Å². The summed E-state index contributed by atoms with van der Waals surface area (Å²) in [5.74, 6) is 0.762. The first-order valence-corrected chi connectivity index (χ1v) is 8.35. The molecule has 0 aromatic rings. The molecular weight excluding hydrogens is 232 g/mol. The fourth-order valence-electron chi connectivity index (χ4n) is 3.67. The monoisotopic (exact) mass is 266 g/mol. The minimum absolute atomic E-state index is 0.423. The van der Waals surface area contributed by atoms with Crippen molar-refractivity contribution < 1.29 is 0 Å². The second kappa shape index (κ2) is 5.73. The Balaban J connectivity index is 2.01. The molecule has 1 heterocycles. The van der Waals surface area contributed by atoms with Gasteiger partial charge in [-0.1, -0.05) is 47.5 Å². The highest BCUT2D eigenvalue weighted by Crippen LogP contribution is 2.35. The number of hydrogen-bond donors (Lipinski definition) is 1. The Hall–Kier alpha value is -0.0800. The first-order chi connectivity index (χ1) is 8.86. The summed E-state index contributed by atoms with van der Waals surface area (Å²) in [5, 5.41) is 3.90. The van der Waals surface area contributed by atoms with Crippen LogP contribution >= 0.6 is 0 Å². The predicted molar refractivity (Wildman–Crippen MR) is 83.5 cm³/mol. The van der Waals surface area contributed by atoms with Crippen LogP contribution in [0.25, 0.3) is 0 Å². The van der Waals surface area contributed by atoms with Gasteiger partial charge in [0.2, 0.25) is 0 Å². The molecule has 0 amide bonds.